The third-order valence-corrected chi connectivity index (χ3v) is 2.51. The van der Waals surface area contributed by atoms with Gasteiger partial charge in [0.2, 0.25) is 0 Å². The molecule has 0 spiro atoms. The average Bonchev–Trinajstić information content (AvgIpc) is 2.38. The summed E-state index contributed by atoms with van der Waals surface area (Å²) in [6.45, 7) is 4.75. The van der Waals surface area contributed by atoms with E-state index in [0.29, 0.717) is 12.4 Å². The first-order chi connectivity index (χ1) is 7.65. The van der Waals surface area contributed by atoms with Gasteiger partial charge in [-0.2, -0.15) is 0 Å². The summed E-state index contributed by atoms with van der Waals surface area (Å²) in [5.41, 5.74) is 2.13. The minimum absolute atomic E-state index is 0.261. The lowest BCUT2D eigenvalue weighted by molar-refractivity contribution is 0.315. The SMILES string of the molecule is CC(C)=CC1CCOc2cc(F)ccc2N1. The second kappa shape index (κ2) is 4.56. The van der Waals surface area contributed by atoms with E-state index >= 15 is 0 Å². The monoisotopic (exact) mass is 221 g/mol. The maximum atomic E-state index is 13.0. The summed E-state index contributed by atoms with van der Waals surface area (Å²) in [6.07, 6.45) is 3.06. The number of hydrogen-bond acceptors (Lipinski definition) is 2. The second-order valence-corrected chi connectivity index (χ2v) is 4.27. The van der Waals surface area contributed by atoms with Crippen LogP contribution in [-0.4, -0.2) is 12.6 Å². The number of rotatable bonds is 1. The summed E-state index contributed by atoms with van der Waals surface area (Å²) < 4.78 is 18.5. The molecular weight excluding hydrogens is 205 g/mol. The molecule has 0 amide bonds. The lowest BCUT2D eigenvalue weighted by Gasteiger charge is -2.13. The van der Waals surface area contributed by atoms with Gasteiger partial charge in [0.1, 0.15) is 11.6 Å². The van der Waals surface area contributed by atoms with Crippen LogP contribution in [-0.2, 0) is 0 Å². The van der Waals surface area contributed by atoms with Crippen molar-refractivity contribution in [1.29, 1.82) is 0 Å². The average molecular weight is 221 g/mol. The van der Waals surface area contributed by atoms with Crippen molar-refractivity contribution in [3.05, 3.63) is 35.7 Å². The second-order valence-electron chi connectivity index (χ2n) is 4.27. The van der Waals surface area contributed by atoms with E-state index in [1.165, 1.54) is 17.7 Å². The third-order valence-electron chi connectivity index (χ3n) is 2.51. The standard InChI is InChI=1S/C13H16FNO/c1-9(2)7-11-5-6-16-13-8-10(14)3-4-12(13)15-11/h3-4,7-8,11,15H,5-6H2,1-2H3. The molecule has 0 saturated heterocycles. The van der Waals surface area contributed by atoms with E-state index in [-0.39, 0.29) is 11.9 Å². The van der Waals surface area contributed by atoms with Crippen LogP contribution in [0.25, 0.3) is 0 Å². The summed E-state index contributed by atoms with van der Waals surface area (Å²) in [7, 11) is 0. The van der Waals surface area contributed by atoms with Crippen LogP contribution >= 0.6 is 0 Å². The fourth-order valence-corrected chi connectivity index (χ4v) is 1.83. The Hall–Kier alpha value is -1.51. The molecule has 2 rings (SSSR count). The molecule has 1 unspecified atom stereocenters. The summed E-state index contributed by atoms with van der Waals surface area (Å²) in [5, 5.41) is 3.35. The Kier molecular flexibility index (Phi) is 3.13. The van der Waals surface area contributed by atoms with Crippen molar-refractivity contribution >= 4 is 5.69 Å². The van der Waals surface area contributed by atoms with Gasteiger partial charge in [0.25, 0.3) is 0 Å². The Morgan fingerprint density at radius 3 is 3.06 bits per heavy atom. The zero-order chi connectivity index (χ0) is 11.5. The van der Waals surface area contributed by atoms with Crippen molar-refractivity contribution in [3.63, 3.8) is 0 Å². The number of allylic oxidation sites excluding steroid dienone is 1. The first kappa shape index (κ1) is 11.0. The maximum absolute atomic E-state index is 13.0. The normalized spacial score (nSPS) is 18.8. The lowest BCUT2D eigenvalue weighted by Crippen LogP contribution is -2.17. The van der Waals surface area contributed by atoms with Gasteiger partial charge < -0.3 is 10.1 Å². The molecule has 1 heterocycles. The molecule has 3 heteroatoms. The zero-order valence-electron chi connectivity index (χ0n) is 9.59. The van der Waals surface area contributed by atoms with Crippen molar-refractivity contribution < 1.29 is 9.13 Å². The van der Waals surface area contributed by atoms with Gasteiger partial charge in [-0.3, -0.25) is 0 Å². The molecule has 0 radical (unpaired) electrons. The van der Waals surface area contributed by atoms with Gasteiger partial charge in [0.15, 0.2) is 0 Å². The quantitative estimate of drug-likeness (QED) is 0.734. The molecule has 1 N–H and O–H groups in total. The Labute approximate surface area is 95.1 Å². The number of anilines is 1. The van der Waals surface area contributed by atoms with Crippen molar-refractivity contribution in [2.45, 2.75) is 26.3 Å². The summed E-state index contributed by atoms with van der Waals surface area (Å²) >= 11 is 0. The molecule has 1 aromatic rings. The van der Waals surface area contributed by atoms with Crippen LogP contribution in [0.4, 0.5) is 10.1 Å². The molecule has 1 aliphatic rings. The van der Waals surface area contributed by atoms with Gasteiger partial charge in [-0.25, -0.2) is 4.39 Å². The van der Waals surface area contributed by atoms with Crippen LogP contribution in [0.1, 0.15) is 20.3 Å². The number of nitrogens with one attached hydrogen (secondary N) is 1. The van der Waals surface area contributed by atoms with Gasteiger partial charge in [-0.1, -0.05) is 11.6 Å². The zero-order valence-corrected chi connectivity index (χ0v) is 9.59. The highest BCUT2D eigenvalue weighted by Gasteiger charge is 2.15. The highest BCUT2D eigenvalue weighted by molar-refractivity contribution is 5.58. The molecule has 0 saturated carbocycles. The van der Waals surface area contributed by atoms with Gasteiger partial charge in [0.05, 0.1) is 12.3 Å². The fraction of sp³-hybridized carbons (Fsp3) is 0.385. The Morgan fingerprint density at radius 1 is 1.50 bits per heavy atom. The van der Waals surface area contributed by atoms with Crippen molar-refractivity contribution in [1.82, 2.24) is 0 Å². The molecule has 0 bridgehead atoms. The maximum Gasteiger partial charge on any atom is 0.145 e. The largest absolute Gasteiger partial charge is 0.491 e. The Bertz CT molecular complexity index is 410. The smallest absolute Gasteiger partial charge is 0.145 e. The Morgan fingerprint density at radius 2 is 2.31 bits per heavy atom. The van der Waals surface area contributed by atoms with Crippen molar-refractivity contribution in [2.24, 2.45) is 0 Å². The molecule has 1 aliphatic heterocycles. The number of fused-ring (bicyclic) bond motifs is 1. The van der Waals surface area contributed by atoms with E-state index in [0.717, 1.165) is 12.1 Å². The van der Waals surface area contributed by atoms with E-state index in [1.807, 2.05) is 0 Å². The first-order valence-corrected chi connectivity index (χ1v) is 5.49. The fourth-order valence-electron chi connectivity index (χ4n) is 1.83. The first-order valence-electron chi connectivity index (χ1n) is 5.49. The lowest BCUT2D eigenvalue weighted by atomic mass is 10.1. The minimum Gasteiger partial charge on any atom is -0.491 e. The number of hydrogen-bond donors (Lipinski definition) is 1. The van der Waals surface area contributed by atoms with Gasteiger partial charge in [-0.15, -0.1) is 0 Å². The number of benzene rings is 1. The molecule has 16 heavy (non-hydrogen) atoms. The number of ether oxygens (including phenoxy) is 1. The summed E-state index contributed by atoms with van der Waals surface area (Å²) in [4.78, 5) is 0. The summed E-state index contributed by atoms with van der Waals surface area (Å²) in [6, 6.07) is 4.85. The molecule has 0 aromatic heterocycles. The van der Waals surface area contributed by atoms with Crippen LogP contribution in [0.2, 0.25) is 0 Å². The van der Waals surface area contributed by atoms with E-state index in [1.54, 1.807) is 6.07 Å². The molecule has 0 fully saturated rings. The molecule has 1 aromatic carbocycles. The van der Waals surface area contributed by atoms with Crippen LogP contribution in [0.3, 0.4) is 0 Å². The van der Waals surface area contributed by atoms with E-state index in [9.17, 15) is 4.39 Å². The van der Waals surface area contributed by atoms with Gasteiger partial charge >= 0.3 is 0 Å². The molecule has 86 valence electrons. The molecule has 0 aliphatic carbocycles. The van der Waals surface area contributed by atoms with Crippen LogP contribution < -0.4 is 10.1 Å². The third kappa shape index (κ3) is 2.54. The van der Waals surface area contributed by atoms with E-state index < -0.39 is 0 Å². The van der Waals surface area contributed by atoms with Crippen LogP contribution in [0, 0.1) is 5.82 Å². The summed E-state index contributed by atoms with van der Waals surface area (Å²) in [5.74, 6) is 0.339. The molecular formula is C13H16FNO. The van der Waals surface area contributed by atoms with Crippen molar-refractivity contribution in [3.8, 4) is 5.75 Å². The molecule has 1 atom stereocenters. The highest BCUT2D eigenvalue weighted by atomic mass is 19.1. The minimum atomic E-state index is -0.263. The van der Waals surface area contributed by atoms with Gasteiger partial charge in [0, 0.05) is 18.5 Å². The Balaban J connectivity index is 2.24. The molecule has 2 nitrogen and oxygen atoms in total. The van der Waals surface area contributed by atoms with Crippen LogP contribution in [0.15, 0.2) is 29.8 Å². The topological polar surface area (TPSA) is 21.3 Å². The van der Waals surface area contributed by atoms with E-state index in [4.69, 9.17) is 4.74 Å². The van der Waals surface area contributed by atoms with Gasteiger partial charge in [-0.05, 0) is 26.0 Å². The van der Waals surface area contributed by atoms with Crippen molar-refractivity contribution in [2.75, 3.05) is 11.9 Å². The highest BCUT2D eigenvalue weighted by Crippen LogP contribution is 2.29. The predicted octanol–water partition coefficient (Wildman–Crippen LogP) is 3.35. The predicted molar refractivity (Wildman–Crippen MR) is 63.4 cm³/mol. The van der Waals surface area contributed by atoms with Crippen LogP contribution in [0.5, 0.6) is 5.75 Å². The number of halogens is 1. The van der Waals surface area contributed by atoms with E-state index in [2.05, 4.69) is 25.2 Å².